The molecule has 0 aliphatic carbocycles. The molecule has 0 aromatic carbocycles. The van der Waals surface area contributed by atoms with Crippen molar-refractivity contribution in [3.05, 3.63) is 10.1 Å². The van der Waals surface area contributed by atoms with E-state index in [9.17, 15) is 14.9 Å². The van der Waals surface area contributed by atoms with Gasteiger partial charge in [0.2, 0.25) is 0 Å². The van der Waals surface area contributed by atoms with Crippen molar-refractivity contribution in [3.63, 3.8) is 0 Å². The molecule has 0 radical (unpaired) electrons. The van der Waals surface area contributed by atoms with E-state index in [-0.39, 0.29) is 19.4 Å². The highest BCUT2D eigenvalue weighted by Crippen LogP contribution is 1.98. The van der Waals surface area contributed by atoms with E-state index in [0.717, 1.165) is 0 Å². The van der Waals surface area contributed by atoms with E-state index >= 15 is 0 Å². The molecule has 6 N–H and O–H groups in total. The lowest BCUT2D eigenvalue weighted by atomic mass is 10.2. The van der Waals surface area contributed by atoms with E-state index in [2.05, 4.69) is 0 Å². The molecular weight excluding hydrogens is 206 g/mol. The quantitative estimate of drug-likeness (QED) is 0.184. The van der Waals surface area contributed by atoms with Gasteiger partial charge in [-0.15, -0.1) is 0 Å². The minimum Gasteiger partial charge on any atom is -0.480 e. The average molecular weight is 219 g/mol. The van der Waals surface area contributed by atoms with Crippen LogP contribution < -0.4 is 11.5 Å². The van der Waals surface area contributed by atoms with E-state index in [4.69, 9.17) is 22.0 Å². The number of nitro groups is 1. The molecule has 0 aromatic rings. The smallest absolute Gasteiger partial charge is 0.320 e. The molecule has 0 aliphatic rings. The Hall–Kier alpha value is -1.90. The Morgan fingerprint density at radius 3 is 2.53 bits per heavy atom. The standard InChI is InChI=1S/C6H13N5O4/c7-4(5(12)13)2-1-3-10(6(8)9)11(14)15/h4H,1-3,7H2,(H3,8,9)(H,12,13)/t4-/m0/s1. The summed E-state index contributed by atoms with van der Waals surface area (Å²) < 4.78 is 0. The summed E-state index contributed by atoms with van der Waals surface area (Å²) >= 11 is 0. The minimum atomic E-state index is -1.16. The molecule has 0 heterocycles. The first kappa shape index (κ1) is 13.1. The van der Waals surface area contributed by atoms with Crippen molar-refractivity contribution in [2.24, 2.45) is 11.5 Å². The number of hydrogen-bond donors (Lipinski definition) is 4. The van der Waals surface area contributed by atoms with Gasteiger partial charge in [0, 0.05) is 0 Å². The first-order valence-corrected chi connectivity index (χ1v) is 4.10. The number of carboxylic acids is 1. The van der Waals surface area contributed by atoms with Crippen LogP contribution in [-0.2, 0) is 4.79 Å². The number of aliphatic carboxylic acids is 1. The van der Waals surface area contributed by atoms with E-state index in [0.29, 0.717) is 5.01 Å². The Kier molecular flexibility index (Phi) is 5.02. The molecule has 9 nitrogen and oxygen atoms in total. The molecule has 0 saturated carbocycles. The van der Waals surface area contributed by atoms with Gasteiger partial charge in [-0.3, -0.25) is 10.2 Å². The number of nitrogens with one attached hydrogen (secondary N) is 1. The summed E-state index contributed by atoms with van der Waals surface area (Å²) in [6.45, 7) is -0.136. The van der Waals surface area contributed by atoms with Crippen LogP contribution in [0.1, 0.15) is 12.8 Å². The molecule has 0 aromatic heterocycles. The lowest BCUT2D eigenvalue weighted by molar-refractivity contribution is -0.629. The molecule has 0 bridgehead atoms. The Labute approximate surface area is 85.3 Å². The van der Waals surface area contributed by atoms with E-state index in [1.54, 1.807) is 0 Å². The van der Waals surface area contributed by atoms with Crippen molar-refractivity contribution in [1.82, 2.24) is 5.01 Å². The van der Waals surface area contributed by atoms with Gasteiger partial charge in [-0.2, -0.15) is 0 Å². The maximum Gasteiger partial charge on any atom is 0.320 e. The second kappa shape index (κ2) is 5.75. The maximum atomic E-state index is 10.3. The summed E-state index contributed by atoms with van der Waals surface area (Å²) in [4.78, 5) is 20.6. The summed E-state index contributed by atoms with van der Waals surface area (Å²) in [7, 11) is 0. The van der Waals surface area contributed by atoms with E-state index in [1.807, 2.05) is 0 Å². The van der Waals surface area contributed by atoms with E-state index in [1.165, 1.54) is 0 Å². The zero-order valence-corrected chi connectivity index (χ0v) is 7.92. The largest absolute Gasteiger partial charge is 0.480 e. The van der Waals surface area contributed by atoms with Gasteiger partial charge in [0.15, 0.2) is 5.03 Å². The summed E-state index contributed by atoms with van der Waals surface area (Å²) in [6.07, 6.45) is 0.265. The fourth-order valence-corrected chi connectivity index (χ4v) is 0.875. The summed E-state index contributed by atoms with van der Waals surface area (Å²) in [5.41, 5.74) is 10.1. The zero-order chi connectivity index (χ0) is 12.0. The minimum absolute atomic E-state index is 0.0902. The van der Waals surface area contributed by atoms with Crippen molar-refractivity contribution in [3.8, 4) is 0 Å². The van der Waals surface area contributed by atoms with Crippen LogP contribution in [0.4, 0.5) is 0 Å². The molecule has 0 fully saturated rings. The fraction of sp³-hybridized carbons (Fsp3) is 0.667. The highest BCUT2D eigenvalue weighted by atomic mass is 16.7. The second-order valence-electron chi connectivity index (χ2n) is 2.83. The number of hydrazine groups is 1. The van der Waals surface area contributed by atoms with Crippen molar-refractivity contribution in [2.45, 2.75) is 18.9 Å². The molecule has 0 amide bonds. The van der Waals surface area contributed by atoms with Crippen LogP contribution in [0.15, 0.2) is 0 Å². The molecule has 15 heavy (non-hydrogen) atoms. The van der Waals surface area contributed by atoms with Crippen LogP contribution in [0.5, 0.6) is 0 Å². The normalized spacial score (nSPS) is 11.8. The molecule has 0 unspecified atom stereocenters. The number of rotatable bonds is 6. The summed E-state index contributed by atoms with van der Waals surface area (Å²) in [6, 6.07) is -1.05. The lowest BCUT2D eigenvalue weighted by Gasteiger charge is -2.12. The van der Waals surface area contributed by atoms with Crippen molar-refractivity contribution in [2.75, 3.05) is 6.54 Å². The van der Waals surface area contributed by atoms with Gasteiger partial charge in [-0.1, -0.05) is 5.01 Å². The van der Waals surface area contributed by atoms with Gasteiger partial charge in [-0.25, -0.2) is 10.1 Å². The van der Waals surface area contributed by atoms with Crippen molar-refractivity contribution in [1.29, 1.82) is 5.41 Å². The van der Waals surface area contributed by atoms with Gasteiger partial charge in [0.1, 0.15) is 6.04 Å². The number of carboxylic acid groups (broad SMARTS) is 1. The third-order valence-electron chi connectivity index (χ3n) is 1.68. The Morgan fingerprint density at radius 1 is 1.67 bits per heavy atom. The van der Waals surface area contributed by atoms with Crippen molar-refractivity contribution >= 4 is 11.9 Å². The molecule has 0 spiro atoms. The number of guanidine groups is 1. The van der Waals surface area contributed by atoms with Crippen LogP contribution >= 0.6 is 0 Å². The first-order valence-electron chi connectivity index (χ1n) is 4.10. The lowest BCUT2D eigenvalue weighted by Crippen LogP contribution is -2.42. The van der Waals surface area contributed by atoms with Gasteiger partial charge in [0.25, 0.3) is 5.96 Å². The number of hydrogen-bond acceptors (Lipinski definition) is 5. The molecule has 0 aliphatic heterocycles. The van der Waals surface area contributed by atoms with Gasteiger partial charge < -0.3 is 16.6 Å². The monoisotopic (exact) mass is 219 g/mol. The number of carbonyl (C=O) groups is 1. The van der Waals surface area contributed by atoms with Crippen LogP contribution in [-0.4, -0.2) is 39.7 Å². The van der Waals surface area contributed by atoms with Crippen LogP contribution in [0.2, 0.25) is 0 Å². The topological polar surface area (TPSA) is 160 Å². The van der Waals surface area contributed by atoms with Crippen LogP contribution in [0, 0.1) is 15.5 Å². The molecule has 0 rings (SSSR count). The number of nitrogens with zero attached hydrogens (tertiary/aromatic N) is 2. The predicted octanol–water partition coefficient (Wildman–Crippen LogP) is -1.43. The Bertz CT molecular complexity index is 254. The van der Waals surface area contributed by atoms with Crippen LogP contribution in [0.3, 0.4) is 0 Å². The van der Waals surface area contributed by atoms with E-state index < -0.39 is 23.0 Å². The SMILES string of the molecule is N=C(N)N(CCC[C@H](N)C(=O)O)[N+](=O)[O-]. The summed E-state index contributed by atoms with van der Waals surface area (Å²) in [5, 5.41) is 25.2. The number of nitrogens with two attached hydrogens (primary N) is 2. The molecule has 1 atom stereocenters. The second-order valence-corrected chi connectivity index (χ2v) is 2.83. The van der Waals surface area contributed by atoms with Crippen molar-refractivity contribution < 1.29 is 14.9 Å². The Morgan fingerprint density at radius 2 is 2.20 bits per heavy atom. The van der Waals surface area contributed by atoms with Gasteiger partial charge in [-0.05, 0) is 12.8 Å². The highest BCUT2D eigenvalue weighted by Gasteiger charge is 2.19. The van der Waals surface area contributed by atoms with Crippen LogP contribution in [0.25, 0.3) is 0 Å². The molecule has 0 saturated heterocycles. The maximum absolute atomic E-state index is 10.3. The third-order valence-corrected chi connectivity index (χ3v) is 1.68. The Balaban J connectivity index is 3.97. The molecule has 86 valence electrons. The predicted molar refractivity (Wildman–Crippen MR) is 50.5 cm³/mol. The third kappa shape index (κ3) is 4.76. The zero-order valence-electron chi connectivity index (χ0n) is 7.92. The fourth-order valence-electron chi connectivity index (χ4n) is 0.875. The first-order chi connectivity index (χ1) is 6.86. The highest BCUT2D eigenvalue weighted by molar-refractivity contribution is 5.73. The average Bonchev–Trinajstić information content (AvgIpc) is 2.10. The summed E-state index contributed by atoms with van der Waals surface area (Å²) in [5.74, 6) is -1.85. The molecule has 9 heteroatoms. The van der Waals surface area contributed by atoms with Gasteiger partial charge in [0.05, 0.1) is 6.54 Å². The van der Waals surface area contributed by atoms with Gasteiger partial charge >= 0.3 is 5.97 Å². The molecular formula is C6H13N5O4.